The number of para-hydroxylation sites is 2. The number of methoxy groups -OCH3 is 2. The lowest BCUT2D eigenvalue weighted by Gasteiger charge is -2.31. The molecule has 1 atom stereocenters. The van der Waals surface area contributed by atoms with Gasteiger partial charge in [-0.25, -0.2) is 4.98 Å². The summed E-state index contributed by atoms with van der Waals surface area (Å²) in [5.74, 6) is 3.32. The van der Waals surface area contributed by atoms with E-state index in [1.54, 1.807) is 20.4 Å². The largest absolute Gasteiger partial charge is 0.496 e. The first-order valence-corrected chi connectivity index (χ1v) is 10.6. The van der Waals surface area contributed by atoms with Gasteiger partial charge in [-0.05, 0) is 25.0 Å². The Kier molecular flexibility index (Phi) is 6.55. The van der Waals surface area contributed by atoms with E-state index in [-0.39, 0.29) is 11.8 Å². The Morgan fingerprint density at radius 2 is 1.74 bits per heavy atom. The number of carbonyl (C=O) groups excluding carboxylic acids is 1. The molecule has 0 saturated carbocycles. The van der Waals surface area contributed by atoms with E-state index in [2.05, 4.69) is 4.98 Å². The summed E-state index contributed by atoms with van der Waals surface area (Å²) in [7, 11) is 3.30. The van der Waals surface area contributed by atoms with Crippen LogP contribution in [0.5, 0.6) is 11.5 Å². The van der Waals surface area contributed by atoms with Gasteiger partial charge in [0.1, 0.15) is 17.3 Å². The number of benzene rings is 2. The van der Waals surface area contributed by atoms with E-state index in [1.807, 2.05) is 53.4 Å². The number of amides is 1. The van der Waals surface area contributed by atoms with Gasteiger partial charge in [-0.1, -0.05) is 36.4 Å². The van der Waals surface area contributed by atoms with Crippen LogP contribution in [0.3, 0.4) is 0 Å². The van der Waals surface area contributed by atoms with Crippen molar-refractivity contribution in [2.45, 2.75) is 31.6 Å². The zero-order valence-electron chi connectivity index (χ0n) is 18.0. The molecule has 1 fully saturated rings. The topological polar surface area (TPSA) is 64.8 Å². The summed E-state index contributed by atoms with van der Waals surface area (Å²) in [4.78, 5) is 19.4. The van der Waals surface area contributed by atoms with Crippen molar-refractivity contribution in [3.8, 4) is 11.5 Å². The van der Waals surface area contributed by atoms with Crippen LogP contribution in [0.2, 0.25) is 0 Å². The number of rotatable bonds is 7. The quantitative estimate of drug-likeness (QED) is 0.572. The SMILES string of the molecule is COc1ccccc1CC(=O)N1CCCC(c2ncc(Cc3ccccc3OC)o2)C1. The predicted octanol–water partition coefficient (Wildman–Crippen LogP) is 4.23. The summed E-state index contributed by atoms with van der Waals surface area (Å²) in [5.41, 5.74) is 1.97. The van der Waals surface area contributed by atoms with Crippen LogP contribution in [0, 0.1) is 0 Å². The Bertz CT molecular complexity index is 1030. The second-order valence-corrected chi connectivity index (χ2v) is 7.82. The van der Waals surface area contributed by atoms with Crippen molar-refractivity contribution < 1.29 is 18.7 Å². The third kappa shape index (κ3) is 4.90. The summed E-state index contributed by atoms with van der Waals surface area (Å²) in [6, 6.07) is 15.6. The number of likely N-dealkylation sites (tertiary alicyclic amines) is 1. The molecule has 0 bridgehead atoms. The predicted molar refractivity (Wildman–Crippen MR) is 118 cm³/mol. The van der Waals surface area contributed by atoms with E-state index in [0.29, 0.717) is 25.3 Å². The van der Waals surface area contributed by atoms with Gasteiger partial charge in [-0.3, -0.25) is 4.79 Å². The molecule has 0 radical (unpaired) electrons. The average molecular weight is 421 g/mol. The maximum absolute atomic E-state index is 12.9. The first-order valence-electron chi connectivity index (χ1n) is 10.6. The van der Waals surface area contributed by atoms with Crippen molar-refractivity contribution >= 4 is 5.91 Å². The van der Waals surface area contributed by atoms with Crippen LogP contribution in [0.4, 0.5) is 0 Å². The number of hydrogen-bond acceptors (Lipinski definition) is 5. The molecule has 1 unspecified atom stereocenters. The van der Waals surface area contributed by atoms with Crippen molar-refractivity contribution in [2.24, 2.45) is 0 Å². The third-order valence-electron chi connectivity index (χ3n) is 5.79. The third-order valence-corrected chi connectivity index (χ3v) is 5.79. The summed E-state index contributed by atoms with van der Waals surface area (Å²) in [5, 5.41) is 0. The summed E-state index contributed by atoms with van der Waals surface area (Å²) in [6.45, 7) is 1.39. The van der Waals surface area contributed by atoms with Crippen LogP contribution in [0.15, 0.2) is 59.1 Å². The lowest BCUT2D eigenvalue weighted by atomic mass is 9.97. The van der Waals surface area contributed by atoms with Gasteiger partial charge in [0.25, 0.3) is 0 Å². The van der Waals surface area contributed by atoms with Gasteiger partial charge in [-0.2, -0.15) is 0 Å². The number of ether oxygens (including phenoxy) is 2. The number of aromatic nitrogens is 1. The highest BCUT2D eigenvalue weighted by Crippen LogP contribution is 2.29. The first kappa shape index (κ1) is 21.0. The maximum atomic E-state index is 12.9. The summed E-state index contributed by atoms with van der Waals surface area (Å²) >= 11 is 0. The molecule has 6 nitrogen and oxygen atoms in total. The molecular weight excluding hydrogens is 392 g/mol. The molecule has 162 valence electrons. The van der Waals surface area contributed by atoms with Crippen molar-refractivity contribution in [1.29, 1.82) is 0 Å². The Labute approximate surface area is 182 Å². The van der Waals surface area contributed by atoms with Crippen LogP contribution in [-0.4, -0.2) is 43.1 Å². The molecule has 1 aliphatic rings. The van der Waals surface area contributed by atoms with E-state index in [4.69, 9.17) is 13.9 Å². The van der Waals surface area contributed by atoms with E-state index in [0.717, 1.165) is 47.8 Å². The van der Waals surface area contributed by atoms with Crippen molar-refractivity contribution in [2.75, 3.05) is 27.3 Å². The standard InChI is InChI=1S/C25H28N2O4/c1-29-22-11-5-3-8-18(22)14-21-16-26-25(31-21)20-10-7-13-27(17-20)24(28)15-19-9-4-6-12-23(19)30-2/h3-6,8-9,11-12,16,20H,7,10,13-15,17H2,1-2H3. The molecule has 1 aromatic heterocycles. The van der Waals surface area contributed by atoms with Gasteiger partial charge in [0.15, 0.2) is 5.89 Å². The van der Waals surface area contributed by atoms with E-state index in [1.165, 1.54) is 0 Å². The lowest BCUT2D eigenvalue weighted by Crippen LogP contribution is -2.40. The van der Waals surface area contributed by atoms with Crippen LogP contribution >= 0.6 is 0 Å². The Balaban J connectivity index is 1.41. The number of nitrogens with zero attached hydrogens (tertiary/aromatic N) is 2. The highest BCUT2D eigenvalue weighted by Gasteiger charge is 2.28. The summed E-state index contributed by atoms with van der Waals surface area (Å²) in [6.07, 6.45) is 4.65. The monoisotopic (exact) mass is 420 g/mol. The Hall–Kier alpha value is -3.28. The molecule has 6 heteroatoms. The fourth-order valence-electron chi connectivity index (χ4n) is 4.16. The highest BCUT2D eigenvalue weighted by atomic mass is 16.5. The maximum Gasteiger partial charge on any atom is 0.227 e. The minimum atomic E-state index is 0.106. The molecule has 0 spiro atoms. The van der Waals surface area contributed by atoms with Crippen LogP contribution in [0.1, 0.15) is 41.5 Å². The number of piperidine rings is 1. The van der Waals surface area contributed by atoms with Gasteiger partial charge >= 0.3 is 0 Å². The molecule has 2 aromatic carbocycles. The fourth-order valence-corrected chi connectivity index (χ4v) is 4.16. The Morgan fingerprint density at radius 3 is 2.48 bits per heavy atom. The molecule has 3 aromatic rings. The second-order valence-electron chi connectivity index (χ2n) is 7.82. The molecule has 2 heterocycles. The van der Waals surface area contributed by atoms with Gasteiger partial charge < -0.3 is 18.8 Å². The Morgan fingerprint density at radius 1 is 1.06 bits per heavy atom. The average Bonchev–Trinajstić information content (AvgIpc) is 3.28. The van der Waals surface area contributed by atoms with E-state index in [9.17, 15) is 4.79 Å². The summed E-state index contributed by atoms with van der Waals surface area (Å²) < 4.78 is 16.9. The zero-order chi connectivity index (χ0) is 21.6. The number of oxazole rings is 1. The zero-order valence-corrected chi connectivity index (χ0v) is 18.0. The van der Waals surface area contributed by atoms with Gasteiger partial charge in [0.2, 0.25) is 5.91 Å². The second kappa shape index (κ2) is 9.69. The van der Waals surface area contributed by atoms with Crippen LogP contribution in [-0.2, 0) is 17.6 Å². The van der Waals surface area contributed by atoms with Crippen molar-refractivity contribution in [3.05, 3.63) is 77.5 Å². The van der Waals surface area contributed by atoms with E-state index < -0.39 is 0 Å². The van der Waals surface area contributed by atoms with Gasteiger partial charge in [0, 0.05) is 30.6 Å². The first-order chi connectivity index (χ1) is 15.2. The molecular formula is C25H28N2O4. The minimum Gasteiger partial charge on any atom is -0.496 e. The van der Waals surface area contributed by atoms with Crippen molar-refractivity contribution in [3.63, 3.8) is 0 Å². The molecule has 1 aliphatic heterocycles. The van der Waals surface area contributed by atoms with Gasteiger partial charge in [0.05, 0.1) is 32.8 Å². The number of hydrogen-bond donors (Lipinski definition) is 0. The molecule has 0 N–H and O–H groups in total. The van der Waals surface area contributed by atoms with Crippen LogP contribution in [0.25, 0.3) is 0 Å². The number of carbonyl (C=O) groups is 1. The molecule has 0 aliphatic carbocycles. The van der Waals surface area contributed by atoms with Crippen LogP contribution < -0.4 is 9.47 Å². The van der Waals surface area contributed by atoms with Crippen molar-refractivity contribution in [1.82, 2.24) is 9.88 Å². The smallest absolute Gasteiger partial charge is 0.227 e. The lowest BCUT2D eigenvalue weighted by molar-refractivity contribution is -0.131. The van der Waals surface area contributed by atoms with Gasteiger partial charge in [-0.15, -0.1) is 0 Å². The molecule has 4 rings (SSSR count). The highest BCUT2D eigenvalue weighted by molar-refractivity contribution is 5.79. The fraction of sp³-hybridized carbons (Fsp3) is 0.360. The molecule has 31 heavy (non-hydrogen) atoms. The molecule has 1 amide bonds. The normalized spacial score (nSPS) is 16.2. The molecule has 1 saturated heterocycles. The minimum absolute atomic E-state index is 0.106. The van der Waals surface area contributed by atoms with E-state index >= 15 is 0 Å².